The fourth-order valence-corrected chi connectivity index (χ4v) is 3.39. The fourth-order valence-electron chi connectivity index (χ4n) is 2.55. The van der Waals surface area contributed by atoms with Crippen LogP contribution in [0.2, 0.25) is 0 Å². The molecular formula is C22H19NO3S. The monoisotopic (exact) mass is 377 g/mol. The van der Waals surface area contributed by atoms with E-state index < -0.39 is 5.97 Å². The molecule has 0 aliphatic heterocycles. The number of carbonyl (C=O) groups excluding carboxylic acids is 2. The molecule has 27 heavy (non-hydrogen) atoms. The van der Waals surface area contributed by atoms with Gasteiger partial charge in [-0.25, -0.2) is 0 Å². The molecule has 3 aromatic carbocycles. The molecule has 0 N–H and O–H groups in total. The first-order valence-corrected chi connectivity index (χ1v) is 9.25. The van der Waals surface area contributed by atoms with Crippen LogP contribution in [0.25, 0.3) is 0 Å². The van der Waals surface area contributed by atoms with Crippen molar-refractivity contribution in [3.63, 3.8) is 0 Å². The average Bonchev–Trinajstić information content (AvgIpc) is 2.68. The maximum Gasteiger partial charge on any atom is 0.308 e. The maximum atomic E-state index is 12.9. The smallest absolute Gasteiger partial charge is 0.308 e. The average molecular weight is 377 g/mol. The Morgan fingerprint density at radius 3 is 2.07 bits per heavy atom. The summed E-state index contributed by atoms with van der Waals surface area (Å²) < 4.78 is 5.15. The molecule has 0 aromatic heterocycles. The summed E-state index contributed by atoms with van der Waals surface area (Å²) in [4.78, 5) is 27.9. The zero-order chi connectivity index (χ0) is 19.2. The summed E-state index contributed by atoms with van der Waals surface area (Å²) in [6, 6.07) is 24.6. The van der Waals surface area contributed by atoms with Gasteiger partial charge < -0.3 is 9.64 Å². The number of nitrogens with zero attached hydrogens (tertiary/aromatic N) is 1. The zero-order valence-corrected chi connectivity index (χ0v) is 15.9. The molecule has 3 rings (SSSR count). The number of para-hydroxylation sites is 1. The molecule has 0 unspecified atom stereocenters. The van der Waals surface area contributed by atoms with Crippen molar-refractivity contribution >= 4 is 29.3 Å². The van der Waals surface area contributed by atoms with Crippen LogP contribution in [0.4, 0.5) is 5.69 Å². The maximum absolute atomic E-state index is 12.9. The molecule has 0 heterocycles. The second kappa shape index (κ2) is 8.56. The molecule has 0 bridgehead atoms. The first-order valence-electron chi connectivity index (χ1n) is 8.43. The van der Waals surface area contributed by atoms with Gasteiger partial charge in [-0.2, -0.15) is 0 Å². The number of rotatable bonds is 5. The summed E-state index contributed by atoms with van der Waals surface area (Å²) in [5, 5.41) is 0. The van der Waals surface area contributed by atoms with Gasteiger partial charge in [-0.3, -0.25) is 9.59 Å². The summed E-state index contributed by atoms with van der Waals surface area (Å²) in [7, 11) is 1.70. The van der Waals surface area contributed by atoms with Crippen LogP contribution in [-0.2, 0) is 4.79 Å². The molecule has 0 aliphatic rings. The number of anilines is 1. The van der Waals surface area contributed by atoms with Crippen LogP contribution in [0.15, 0.2) is 88.7 Å². The zero-order valence-electron chi connectivity index (χ0n) is 15.1. The second-order valence-electron chi connectivity index (χ2n) is 5.86. The van der Waals surface area contributed by atoms with E-state index in [2.05, 4.69) is 12.1 Å². The molecule has 0 aliphatic carbocycles. The topological polar surface area (TPSA) is 46.6 Å². The van der Waals surface area contributed by atoms with Crippen LogP contribution >= 0.6 is 11.8 Å². The lowest BCUT2D eigenvalue weighted by Crippen LogP contribution is -2.26. The molecule has 1 amide bonds. The second-order valence-corrected chi connectivity index (χ2v) is 7.01. The minimum absolute atomic E-state index is 0.240. The summed E-state index contributed by atoms with van der Waals surface area (Å²) >= 11 is 1.66. The lowest BCUT2D eigenvalue weighted by Gasteiger charge is -2.19. The minimum Gasteiger partial charge on any atom is -0.426 e. The van der Waals surface area contributed by atoms with E-state index in [4.69, 9.17) is 4.74 Å². The van der Waals surface area contributed by atoms with E-state index in [1.54, 1.807) is 48.0 Å². The number of carbonyl (C=O) groups is 2. The molecule has 0 atom stereocenters. The highest BCUT2D eigenvalue weighted by Gasteiger charge is 2.18. The Kier molecular flexibility index (Phi) is 5.94. The Hall–Kier alpha value is -3.05. The largest absolute Gasteiger partial charge is 0.426 e. The number of benzene rings is 3. The van der Waals surface area contributed by atoms with Crippen molar-refractivity contribution in [2.75, 3.05) is 11.9 Å². The Balaban J connectivity index is 1.77. The Bertz CT molecular complexity index is 939. The predicted octanol–water partition coefficient (Wildman–Crippen LogP) is 5.04. The third kappa shape index (κ3) is 4.77. The molecule has 0 spiro atoms. The van der Waals surface area contributed by atoms with E-state index in [1.807, 2.05) is 42.5 Å². The number of esters is 1. The number of ether oxygens (including phenoxy) is 1. The van der Waals surface area contributed by atoms with Crippen molar-refractivity contribution in [1.29, 1.82) is 0 Å². The van der Waals surface area contributed by atoms with Crippen LogP contribution < -0.4 is 9.64 Å². The Morgan fingerprint density at radius 2 is 1.41 bits per heavy atom. The van der Waals surface area contributed by atoms with E-state index >= 15 is 0 Å². The highest BCUT2D eigenvalue weighted by Crippen LogP contribution is 2.29. The highest BCUT2D eigenvalue weighted by molar-refractivity contribution is 7.99. The van der Waals surface area contributed by atoms with Crippen molar-refractivity contribution in [3.8, 4) is 5.75 Å². The van der Waals surface area contributed by atoms with E-state index in [0.717, 1.165) is 15.5 Å². The third-order valence-corrected chi connectivity index (χ3v) is 4.89. The van der Waals surface area contributed by atoms with Gasteiger partial charge in [0.1, 0.15) is 5.75 Å². The first kappa shape index (κ1) is 18.7. The summed E-state index contributed by atoms with van der Waals surface area (Å²) in [5.41, 5.74) is 1.10. The number of hydrogen-bond acceptors (Lipinski definition) is 4. The molecule has 0 saturated heterocycles. The normalized spacial score (nSPS) is 10.3. The predicted molar refractivity (Wildman–Crippen MR) is 107 cm³/mol. The summed E-state index contributed by atoms with van der Waals surface area (Å²) in [6.07, 6.45) is 0. The highest BCUT2D eigenvalue weighted by atomic mass is 32.2. The first-order chi connectivity index (χ1) is 13.0. The Morgan fingerprint density at radius 1 is 0.815 bits per heavy atom. The van der Waals surface area contributed by atoms with E-state index in [-0.39, 0.29) is 11.7 Å². The quantitative estimate of drug-likeness (QED) is 0.462. The lowest BCUT2D eigenvalue weighted by atomic mass is 10.1. The molecule has 0 saturated carbocycles. The Labute approximate surface area is 162 Å². The molecule has 3 aromatic rings. The molecule has 0 fully saturated rings. The van der Waals surface area contributed by atoms with E-state index in [9.17, 15) is 9.59 Å². The van der Waals surface area contributed by atoms with E-state index in [0.29, 0.717) is 5.56 Å². The van der Waals surface area contributed by atoms with Gasteiger partial charge in [0.25, 0.3) is 5.91 Å². The van der Waals surface area contributed by atoms with Crippen molar-refractivity contribution in [3.05, 3.63) is 84.4 Å². The van der Waals surface area contributed by atoms with Crippen molar-refractivity contribution in [2.45, 2.75) is 16.7 Å². The molecule has 5 heteroatoms. The van der Waals surface area contributed by atoms with Gasteiger partial charge in [0, 0.05) is 29.4 Å². The number of amides is 1. The standard InChI is InChI=1S/C22H19NO3S/c1-16(24)26-21-11-7-6-10-20(21)22(25)23(2)17-12-14-19(15-13-17)27-18-8-4-3-5-9-18/h3-15H,1-2H3. The van der Waals surface area contributed by atoms with Crippen LogP contribution in [0.5, 0.6) is 5.75 Å². The van der Waals surface area contributed by atoms with Crippen LogP contribution in [-0.4, -0.2) is 18.9 Å². The summed E-state index contributed by atoms with van der Waals surface area (Å²) in [5.74, 6) is -0.436. The van der Waals surface area contributed by atoms with Crippen molar-refractivity contribution < 1.29 is 14.3 Å². The molecule has 4 nitrogen and oxygen atoms in total. The molecule has 0 radical (unpaired) electrons. The fraction of sp³-hybridized carbons (Fsp3) is 0.0909. The van der Waals surface area contributed by atoms with Gasteiger partial charge >= 0.3 is 5.97 Å². The number of hydrogen-bond donors (Lipinski definition) is 0. The van der Waals surface area contributed by atoms with E-state index in [1.165, 1.54) is 6.92 Å². The van der Waals surface area contributed by atoms with Gasteiger partial charge in [-0.15, -0.1) is 0 Å². The van der Waals surface area contributed by atoms with Crippen LogP contribution in [0, 0.1) is 0 Å². The van der Waals surface area contributed by atoms with Crippen LogP contribution in [0.1, 0.15) is 17.3 Å². The van der Waals surface area contributed by atoms with Crippen molar-refractivity contribution in [2.24, 2.45) is 0 Å². The van der Waals surface area contributed by atoms with Crippen LogP contribution in [0.3, 0.4) is 0 Å². The van der Waals surface area contributed by atoms with Gasteiger partial charge in [0.15, 0.2) is 0 Å². The van der Waals surface area contributed by atoms with Gasteiger partial charge in [0.05, 0.1) is 5.56 Å². The van der Waals surface area contributed by atoms with Gasteiger partial charge in [-0.1, -0.05) is 42.1 Å². The van der Waals surface area contributed by atoms with Crippen molar-refractivity contribution in [1.82, 2.24) is 0 Å². The molecule has 136 valence electrons. The molecular weight excluding hydrogens is 358 g/mol. The summed E-state index contributed by atoms with van der Waals surface area (Å²) in [6.45, 7) is 1.31. The van der Waals surface area contributed by atoms with Gasteiger partial charge in [0.2, 0.25) is 0 Å². The third-order valence-electron chi connectivity index (χ3n) is 3.88. The minimum atomic E-state index is -0.458. The lowest BCUT2D eigenvalue weighted by molar-refractivity contribution is -0.131. The SMILES string of the molecule is CC(=O)Oc1ccccc1C(=O)N(C)c1ccc(Sc2ccccc2)cc1. The van der Waals surface area contributed by atoms with Gasteiger partial charge in [-0.05, 0) is 48.5 Å².